The van der Waals surface area contributed by atoms with Crippen LogP contribution in [0.15, 0.2) is 0 Å². The van der Waals surface area contributed by atoms with Gasteiger partial charge in [-0.15, -0.1) is 0 Å². The summed E-state index contributed by atoms with van der Waals surface area (Å²) in [6.07, 6.45) is 0. The Hall–Kier alpha value is -1.10. The zero-order valence-electron chi connectivity index (χ0n) is 10.3. The lowest BCUT2D eigenvalue weighted by atomic mass is 10.2. The predicted octanol–water partition coefficient (Wildman–Crippen LogP) is -0.325. The molecule has 0 aromatic heterocycles. The molecule has 0 atom stereocenters. The van der Waals surface area contributed by atoms with Crippen LogP contribution in [0.5, 0.6) is 0 Å². The van der Waals surface area contributed by atoms with Crippen molar-refractivity contribution in [2.75, 3.05) is 32.7 Å². The van der Waals surface area contributed by atoms with Crippen molar-refractivity contribution < 1.29 is 9.59 Å². The average Bonchev–Trinajstić information content (AvgIpc) is 2.26. The van der Waals surface area contributed by atoms with Crippen LogP contribution < -0.4 is 5.32 Å². The van der Waals surface area contributed by atoms with Crippen LogP contribution in [0, 0.1) is 0 Å². The predicted molar refractivity (Wildman–Crippen MR) is 62.0 cm³/mol. The van der Waals surface area contributed by atoms with Crippen LogP contribution in [0.4, 0.5) is 0 Å². The molecule has 1 heterocycles. The first-order valence-electron chi connectivity index (χ1n) is 5.77. The van der Waals surface area contributed by atoms with Crippen molar-refractivity contribution in [1.29, 1.82) is 0 Å². The molecule has 0 unspecified atom stereocenters. The minimum Gasteiger partial charge on any atom is -0.347 e. The van der Waals surface area contributed by atoms with Crippen LogP contribution >= 0.6 is 0 Å². The molecular weight excluding hydrogens is 206 g/mol. The number of hydrogen-bond donors (Lipinski definition) is 1. The van der Waals surface area contributed by atoms with Crippen LogP contribution in [0.1, 0.15) is 20.8 Å². The van der Waals surface area contributed by atoms with E-state index < -0.39 is 0 Å². The first kappa shape index (κ1) is 13.0. The maximum atomic E-state index is 11.7. The molecule has 0 aromatic carbocycles. The number of carbonyl (C=O) groups is 2. The van der Waals surface area contributed by atoms with E-state index in [1.807, 2.05) is 4.90 Å². The van der Waals surface area contributed by atoms with E-state index in [0.29, 0.717) is 6.04 Å². The number of nitrogens with zero attached hydrogens (tertiary/aromatic N) is 2. The fourth-order valence-corrected chi connectivity index (χ4v) is 1.80. The molecule has 0 aromatic rings. The van der Waals surface area contributed by atoms with Gasteiger partial charge in [-0.1, -0.05) is 0 Å². The Labute approximate surface area is 96.8 Å². The second-order valence-corrected chi connectivity index (χ2v) is 4.42. The summed E-state index contributed by atoms with van der Waals surface area (Å²) in [7, 11) is 0. The number of piperazine rings is 1. The van der Waals surface area contributed by atoms with E-state index in [1.54, 1.807) is 0 Å². The first-order valence-corrected chi connectivity index (χ1v) is 5.77. The SMILES string of the molecule is CC(=O)NCC(=O)N1CCN(C(C)C)CC1. The molecule has 0 bridgehead atoms. The fraction of sp³-hybridized carbons (Fsp3) is 0.818. The third-order valence-electron chi connectivity index (χ3n) is 2.89. The molecule has 16 heavy (non-hydrogen) atoms. The van der Waals surface area contributed by atoms with Crippen LogP contribution in [0.25, 0.3) is 0 Å². The van der Waals surface area contributed by atoms with Crippen molar-refractivity contribution >= 4 is 11.8 Å². The Morgan fingerprint density at radius 1 is 1.19 bits per heavy atom. The molecule has 2 amide bonds. The minimum absolute atomic E-state index is 0.0126. The summed E-state index contributed by atoms with van der Waals surface area (Å²) in [6, 6.07) is 0.535. The molecule has 0 spiro atoms. The topological polar surface area (TPSA) is 52.7 Å². The average molecular weight is 227 g/mol. The third-order valence-corrected chi connectivity index (χ3v) is 2.89. The highest BCUT2D eigenvalue weighted by molar-refractivity contribution is 5.83. The van der Waals surface area contributed by atoms with Crippen molar-refractivity contribution in [3.63, 3.8) is 0 Å². The molecule has 0 saturated carbocycles. The third kappa shape index (κ3) is 3.81. The highest BCUT2D eigenvalue weighted by Crippen LogP contribution is 2.05. The van der Waals surface area contributed by atoms with Gasteiger partial charge in [-0.25, -0.2) is 0 Å². The molecule has 92 valence electrons. The van der Waals surface area contributed by atoms with E-state index in [0.717, 1.165) is 26.2 Å². The molecule has 1 saturated heterocycles. The van der Waals surface area contributed by atoms with Gasteiger partial charge in [-0.3, -0.25) is 14.5 Å². The summed E-state index contributed by atoms with van der Waals surface area (Å²) < 4.78 is 0. The number of carbonyl (C=O) groups excluding carboxylic acids is 2. The molecule has 1 rings (SSSR count). The lowest BCUT2D eigenvalue weighted by Gasteiger charge is -2.36. The zero-order chi connectivity index (χ0) is 12.1. The summed E-state index contributed by atoms with van der Waals surface area (Å²) in [5, 5.41) is 2.53. The van der Waals surface area contributed by atoms with Gasteiger partial charge in [0.05, 0.1) is 6.54 Å². The smallest absolute Gasteiger partial charge is 0.242 e. The van der Waals surface area contributed by atoms with Gasteiger partial charge in [0.15, 0.2) is 0 Å². The van der Waals surface area contributed by atoms with Gasteiger partial charge in [0.2, 0.25) is 11.8 Å². The van der Waals surface area contributed by atoms with E-state index >= 15 is 0 Å². The molecular formula is C11H21N3O2. The summed E-state index contributed by atoms with van der Waals surface area (Å²) in [4.78, 5) is 26.5. The molecule has 1 aliphatic heterocycles. The van der Waals surface area contributed by atoms with Crippen LogP contribution in [-0.2, 0) is 9.59 Å². The second-order valence-electron chi connectivity index (χ2n) is 4.42. The normalized spacial score (nSPS) is 17.6. The fourth-order valence-electron chi connectivity index (χ4n) is 1.80. The van der Waals surface area contributed by atoms with Gasteiger partial charge in [-0.2, -0.15) is 0 Å². The van der Waals surface area contributed by atoms with Gasteiger partial charge in [-0.05, 0) is 13.8 Å². The van der Waals surface area contributed by atoms with E-state index in [2.05, 4.69) is 24.1 Å². The quantitative estimate of drug-likeness (QED) is 0.718. The number of amides is 2. The van der Waals surface area contributed by atoms with E-state index in [9.17, 15) is 9.59 Å². The standard InChI is InChI=1S/C11H21N3O2/c1-9(2)13-4-6-14(7-5-13)11(16)8-12-10(3)15/h9H,4-8H2,1-3H3,(H,12,15). The van der Waals surface area contributed by atoms with Crippen LogP contribution in [0.2, 0.25) is 0 Å². The zero-order valence-corrected chi connectivity index (χ0v) is 10.3. The van der Waals surface area contributed by atoms with Gasteiger partial charge in [0, 0.05) is 39.1 Å². The lowest BCUT2D eigenvalue weighted by Crippen LogP contribution is -2.52. The van der Waals surface area contributed by atoms with Gasteiger partial charge in [0.25, 0.3) is 0 Å². The van der Waals surface area contributed by atoms with Crippen molar-refractivity contribution in [3.8, 4) is 0 Å². The summed E-state index contributed by atoms with van der Waals surface area (Å²) in [6.45, 7) is 9.23. The Morgan fingerprint density at radius 3 is 2.19 bits per heavy atom. The summed E-state index contributed by atoms with van der Waals surface area (Å²) in [5.74, 6) is -0.146. The maximum absolute atomic E-state index is 11.7. The van der Waals surface area contributed by atoms with Gasteiger partial charge in [0.1, 0.15) is 0 Å². The van der Waals surface area contributed by atoms with Crippen molar-refractivity contribution in [2.24, 2.45) is 0 Å². The molecule has 1 aliphatic rings. The Kier molecular flexibility index (Phi) is 4.73. The largest absolute Gasteiger partial charge is 0.347 e. The Balaban J connectivity index is 2.30. The molecule has 1 fully saturated rings. The van der Waals surface area contributed by atoms with E-state index in [1.165, 1.54) is 6.92 Å². The second kappa shape index (κ2) is 5.84. The van der Waals surface area contributed by atoms with Crippen molar-refractivity contribution in [3.05, 3.63) is 0 Å². The highest BCUT2D eigenvalue weighted by atomic mass is 16.2. The van der Waals surface area contributed by atoms with Gasteiger partial charge < -0.3 is 10.2 Å². The van der Waals surface area contributed by atoms with Crippen LogP contribution in [-0.4, -0.2) is 60.4 Å². The lowest BCUT2D eigenvalue weighted by molar-refractivity contribution is -0.134. The maximum Gasteiger partial charge on any atom is 0.242 e. The molecule has 0 aliphatic carbocycles. The molecule has 5 heteroatoms. The molecule has 1 N–H and O–H groups in total. The van der Waals surface area contributed by atoms with Crippen molar-refractivity contribution in [1.82, 2.24) is 15.1 Å². The number of hydrogen-bond acceptors (Lipinski definition) is 3. The number of nitrogens with one attached hydrogen (secondary N) is 1. The summed E-state index contributed by atoms with van der Waals surface area (Å²) >= 11 is 0. The minimum atomic E-state index is -0.158. The van der Waals surface area contributed by atoms with Crippen LogP contribution in [0.3, 0.4) is 0 Å². The summed E-state index contributed by atoms with van der Waals surface area (Å²) in [5.41, 5.74) is 0. The molecule has 5 nitrogen and oxygen atoms in total. The molecule has 0 radical (unpaired) electrons. The Morgan fingerprint density at radius 2 is 1.75 bits per heavy atom. The monoisotopic (exact) mass is 227 g/mol. The van der Waals surface area contributed by atoms with E-state index in [4.69, 9.17) is 0 Å². The number of rotatable bonds is 3. The van der Waals surface area contributed by atoms with Gasteiger partial charge >= 0.3 is 0 Å². The van der Waals surface area contributed by atoms with Crippen molar-refractivity contribution in [2.45, 2.75) is 26.8 Å². The highest BCUT2D eigenvalue weighted by Gasteiger charge is 2.21. The van der Waals surface area contributed by atoms with E-state index in [-0.39, 0.29) is 18.4 Å². The first-order chi connectivity index (χ1) is 7.50. The Bertz CT molecular complexity index is 258.